The Bertz CT molecular complexity index is 567. The van der Waals surface area contributed by atoms with Gasteiger partial charge in [-0.3, -0.25) is 0 Å². The molecule has 2 fully saturated rings. The molecule has 2 aliphatic rings. The van der Waals surface area contributed by atoms with Crippen LogP contribution < -0.4 is 0 Å². The molecule has 0 saturated heterocycles. The van der Waals surface area contributed by atoms with Crippen LogP contribution in [0.2, 0.25) is 0 Å². The molecule has 0 unspecified atom stereocenters. The Balaban J connectivity index is 1.46. The van der Waals surface area contributed by atoms with Crippen molar-refractivity contribution in [1.29, 1.82) is 5.26 Å². The zero-order chi connectivity index (χ0) is 16.8. The van der Waals surface area contributed by atoms with Gasteiger partial charge in [-0.1, -0.05) is 18.2 Å². The average molecular weight is 325 g/mol. The van der Waals surface area contributed by atoms with Crippen molar-refractivity contribution in [3.05, 3.63) is 47.8 Å². The summed E-state index contributed by atoms with van der Waals surface area (Å²) in [6, 6.07) is 10.4. The highest BCUT2D eigenvalue weighted by molar-refractivity contribution is 5.33. The molecular weight excluding hydrogens is 297 g/mol. The van der Waals surface area contributed by atoms with Gasteiger partial charge in [0.2, 0.25) is 0 Å². The molecule has 24 heavy (non-hydrogen) atoms. The third-order valence-corrected chi connectivity index (χ3v) is 6.40. The van der Waals surface area contributed by atoms with Crippen LogP contribution in [-0.2, 0) is 0 Å². The van der Waals surface area contributed by atoms with Crippen molar-refractivity contribution in [2.24, 2.45) is 17.8 Å². The van der Waals surface area contributed by atoms with Gasteiger partial charge in [-0.05, 0) is 99.2 Å². The van der Waals surface area contributed by atoms with Gasteiger partial charge >= 0.3 is 0 Å². The van der Waals surface area contributed by atoms with Crippen molar-refractivity contribution in [1.82, 2.24) is 0 Å². The molecule has 3 rings (SSSR count). The minimum Gasteiger partial charge on any atom is -0.216 e. The summed E-state index contributed by atoms with van der Waals surface area (Å²) in [4.78, 5) is 0. The molecule has 2 saturated carbocycles. The van der Waals surface area contributed by atoms with Crippen molar-refractivity contribution >= 4 is 0 Å². The molecule has 0 amide bonds. The normalized spacial score (nSPS) is 31.0. The largest absolute Gasteiger partial charge is 0.216 e. The van der Waals surface area contributed by atoms with E-state index in [9.17, 15) is 4.39 Å². The molecule has 0 N–H and O–H groups in total. The molecule has 0 aliphatic heterocycles. The number of hydrogen-bond acceptors (Lipinski definition) is 1. The first-order valence-electron chi connectivity index (χ1n) is 9.55. The monoisotopic (exact) mass is 325 g/mol. The van der Waals surface area contributed by atoms with Crippen molar-refractivity contribution < 1.29 is 4.39 Å². The maximum absolute atomic E-state index is 12.1. The molecule has 0 aromatic heterocycles. The summed E-state index contributed by atoms with van der Waals surface area (Å²) >= 11 is 0. The number of halogens is 1. The van der Waals surface area contributed by atoms with Gasteiger partial charge in [-0.15, -0.1) is 0 Å². The van der Waals surface area contributed by atoms with Crippen molar-refractivity contribution in [3.8, 4) is 6.07 Å². The number of hydrogen-bond donors (Lipinski definition) is 0. The second-order valence-electron chi connectivity index (χ2n) is 7.72. The van der Waals surface area contributed by atoms with Gasteiger partial charge in [-0.2, -0.15) is 5.26 Å². The van der Waals surface area contributed by atoms with E-state index in [0.717, 1.165) is 23.8 Å². The topological polar surface area (TPSA) is 23.8 Å². The smallest absolute Gasteiger partial charge is 0.0991 e. The van der Waals surface area contributed by atoms with Crippen LogP contribution in [0.5, 0.6) is 0 Å². The zero-order valence-corrected chi connectivity index (χ0v) is 14.5. The number of allylic oxidation sites excluding steroid dienone is 1. The molecule has 0 atom stereocenters. The van der Waals surface area contributed by atoms with Gasteiger partial charge in [-0.25, -0.2) is 4.39 Å². The highest BCUT2D eigenvalue weighted by Crippen LogP contribution is 2.44. The predicted octanol–water partition coefficient (Wildman–Crippen LogP) is 6.51. The van der Waals surface area contributed by atoms with Crippen LogP contribution in [0.1, 0.15) is 74.8 Å². The number of nitriles is 1. The standard InChI is InChI=1S/C22H28FN/c23-15-1-2-17-3-7-19(8-4-17)21-11-13-22(14-12-21)20-9-5-18(16-24)6-10-20/h1,5-6,9-10,15,17,19,21-22H,2-4,7-8,11-14H2/b15-1+/t17-,19-,21?,22?. The Morgan fingerprint density at radius 2 is 1.50 bits per heavy atom. The van der Waals surface area contributed by atoms with E-state index in [1.807, 2.05) is 12.1 Å². The van der Waals surface area contributed by atoms with Crippen molar-refractivity contribution in [2.75, 3.05) is 0 Å². The second-order valence-corrected chi connectivity index (χ2v) is 7.72. The molecule has 0 radical (unpaired) electrons. The number of rotatable bonds is 4. The summed E-state index contributed by atoms with van der Waals surface area (Å²) < 4.78 is 12.1. The van der Waals surface area contributed by atoms with Crippen LogP contribution in [-0.4, -0.2) is 0 Å². The van der Waals surface area contributed by atoms with Crippen LogP contribution in [0.4, 0.5) is 4.39 Å². The Hall–Kier alpha value is -1.62. The van der Waals surface area contributed by atoms with Crippen LogP contribution >= 0.6 is 0 Å². The van der Waals surface area contributed by atoms with Gasteiger partial charge in [0.15, 0.2) is 0 Å². The molecule has 1 aromatic rings. The molecule has 2 aliphatic carbocycles. The lowest BCUT2D eigenvalue weighted by atomic mass is 9.68. The van der Waals surface area contributed by atoms with Gasteiger partial charge < -0.3 is 0 Å². The van der Waals surface area contributed by atoms with Gasteiger partial charge in [0.1, 0.15) is 0 Å². The second kappa shape index (κ2) is 8.47. The molecule has 128 valence electrons. The van der Waals surface area contributed by atoms with Crippen LogP contribution in [0, 0.1) is 29.1 Å². The Morgan fingerprint density at radius 3 is 2.04 bits per heavy atom. The van der Waals surface area contributed by atoms with Gasteiger partial charge in [0.05, 0.1) is 18.0 Å². The fourth-order valence-corrected chi connectivity index (χ4v) is 4.89. The highest BCUT2D eigenvalue weighted by Gasteiger charge is 2.30. The van der Waals surface area contributed by atoms with Crippen LogP contribution in [0.25, 0.3) is 0 Å². The fourth-order valence-electron chi connectivity index (χ4n) is 4.89. The predicted molar refractivity (Wildman–Crippen MR) is 96.2 cm³/mol. The lowest BCUT2D eigenvalue weighted by Crippen LogP contribution is -2.25. The van der Waals surface area contributed by atoms with Crippen molar-refractivity contribution in [3.63, 3.8) is 0 Å². The first-order chi connectivity index (χ1) is 11.8. The summed E-state index contributed by atoms with van der Waals surface area (Å²) in [6.45, 7) is 0. The number of benzene rings is 1. The Morgan fingerprint density at radius 1 is 0.917 bits per heavy atom. The summed E-state index contributed by atoms with van der Waals surface area (Å²) in [6.07, 6.45) is 13.9. The summed E-state index contributed by atoms with van der Waals surface area (Å²) in [7, 11) is 0. The minimum atomic E-state index is 0.681. The van der Waals surface area contributed by atoms with E-state index in [1.165, 1.54) is 56.9 Å². The van der Waals surface area contributed by atoms with E-state index >= 15 is 0 Å². The Labute approximate surface area is 145 Å². The summed E-state index contributed by atoms with van der Waals surface area (Å²) in [5.74, 6) is 3.19. The molecule has 0 spiro atoms. The SMILES string of the molecule is N#Cc1ccc(C2CCC([C@H]3CC[C@H](C/C=C/F)CC3)CC2)cc1. The van der Waals surface area contributed by atoms with E-state index in [-0.39, 0.29) is 0 Å². The van der Waals surface area contributed by atoms with Crippen LogP contribution in [0.15, 0.2) is 36.7 Å². The van der Waals surface area contributed by atoms with E-state index < -0.39 is 0 Å². The van der Waals surface area contributed by atoms with Gasteiger partial charge in [0, 0.05) is 0 Å². The third kappa shape index (κ3) is 4.26. The maximum Gasteiger partial charge on any atom is 0.0991 e. The molecular formula is C22H28FN. The fraction of sp³-hybridized carbons (Fsp3) is 0.591. The maximum atomic E-state index is 12.1. The molecule has 0 bridgehead atoms. The van der Waals surface area contributed by atoms with E-state index in [0.29, 0.717) is 18.2 Å². The van der Waals surface area contributed by atoms with E-state index in [2.05, 4.69) is 18.2 Å². The molecule has 0 heterocycles. The summed E-state index contributed by atoms with van der Waals surface area (Å²) in [5.41, 5.74) is 2.17. The molecule has 1 nitrogen and oxygen atoms in total. The quantitative estimate of drug-likeness (QED) is 0.619. The summed E-state index contributed by atoms with van der Waals surface area (Å²) in [5, 5.41) is 8.91. The van der Waals surface area contributed by atoms with E-state index in [1.54, 1.807) is 6.08 Å². The van der Waals surface area contributed by atoms with Gasteiger partial charge in [0.25, 0.3) is 0 Å². The van der Waals surface area contributed by atoms with E-state index in [4.69, 9.17) is 5.26 Å². The average Bonchev–Trinajstić information content (AvgIpc) is 2.67. The first-order valence-corrected chi connectivity index (χ1v) is 9.55. The lowest BCUT2D eigenvalue weighted by molar-refractivity contribution is 0.160. The molecule has 2 heteroatoms. The highest BCUT2D eigenvalue weighted by atomic mass is 19.1. The zero-order valence-electron chi connectivity index (χ0n) is 14.5. The Kier molecular flexibility index (Phi) is 6.07. The minimum absolute atomic E-state index is 0.681. The first kappa shape index (κ1) is 17.2. The van der Waals surface area contributed by atoms with Crippen molar-refractivity contribution in [2.45, 2.75) is 63.7 Å². The number of nitrogens with zero attached hydrogens (tertiary/aromatic N) is 1. The molecule has 1 aromatic carbocycles. The lowest BCUT2D eigenvalue weighted by Gasteiger charge is -2.38. The van der Waals surface area contributed by atoms with Crippen LogP contribution in [0.3, 0.4) is 0 Å². The third-order valence-electron chi connectivity index (χ3n) is 6.40.